The summed E-state index contributed by atoms with van der Waals surface area (Å²) in [7, 11) is 0. The minimum Gasteiger partial charge on any atom is -0.462 e. The SMILES string of the molecule is CC/C=C\C/C=C\C/C=C\C/C=C\CCCCCCCCCCCCC(=O)OCC(COC(=O)CCCCCCCCCCC/C=C\C/C=C\CCCCC)OC(=O)CCCCCCCCCCCCC/C=C\CCCCCCCCCC. The Hall–Kier alpha value is -3.41. The molecule has 0 aliphatic rings. The van der Waals surface area contributed by atoms with Gasteiger partial charge in [0.05, 0.1) is 0 Å². The minimum absolute atomic E-state index is 0.0778. The summed E-state index contributed by atoms with van der Waals surface area (Å²) >= 11 is 0. The van der Waals surface area contributed by atoms with Gasteiger partial charge >= 0.3 is 17.9 Å². The number of ether oxygens (including phenoxy) is 3. The standard InChI is InChI=1S/C77H136O6/c1-4-7-10-13-16-19-22-25-28-31-34-36-38-40-43-46-49-52-55-58-61-64-67-70-76(79)82-73-74(72-81-75(78)69-66-63-60-57-54-51-48-45-42-33-30-27-24-21-18-15-12-9-6-3)83-77(80)71-68-65-62-59-56-53-50-47-44-41-39-37-35-32-29-26-23-20-17-14-11-8-5-2/h7,10,16,18-19,21,25,27-28,30,32,34-36,74H,4-6,8-9,11-15,17,20,22-24,26,29,31,33,37-73H2,1-3H3/b10-7-,19-16-,21-18-,28-25-,30-27-,35-32-,36-34-. The van der Waals surface area contributed by atoms with Crippen LogP contribution in [0.4, 0.5) is 0 Å². The number of esters is 3. The van der Waals surface area contributed by atoms with E-state index in [1.54, 1.807) is 0 Å². The molecule has 0 amide bonds. The smallest absolute Gasteiger partial charge is 0.306 e. The third-order valence-electron chi connectivity index (χ3n) is 15.9. The van der Waals surface area contributed by atoms with Gasteiger partial charge in [-0.05, 0) is 116 Å². The van der Waals surface area contributed by atoms with Crippen molar-refractivity contribution in [1.82, 2.24) is 0 Å². The second-order valence-corrected chi connectivity index (χ2v) is 24.1. The number of carbonyl (C=O) groups excluding carboxylic acids is 3. The highest BCUT2D eigenvalue weighted by molar-refractivity contribution is 5.71. The van der Waals surface area contributed by atoms with Gasteiger partial charge in [0.25, 0.3) is 0 Å². The van der Waals surface area contributed by atoms with E-state index in [-0.39, 0.29) is 31.1 Å². The first-order valence-electron chi connectivity index (χ1n) is 36.1. The Morgan fingerprint density at radius 1 is 0.253 bits per heavy atom. The van der Waals surface area contributed by atoms with Crippen LogP contribution in [0.15, 0.2) is 85.1 Å². The molecule has 6 heteroatoms. The second-order valence-electron chi connectivity index (χ2n) is 24.1. The molecule has 1 atom stereocenters. The molecule has 6 nitrogen and oxygen atoms in total. The molecule has 0 saturated carbocycles. The number of hydrogen-bond acceptors (Lipinski definition) is 6. The van der Waals surface area contributed by atoms with Crippen LogP contribution in [0.1, 0.15) is 367 Å². The molecule has 0 aromatic carbocycles. The fourth-order valence-electron chi connectivity index (χ4n) is 10.5. The van der Waals surface area contributed by atoms with Crippen molar-refractivity contribution >= 4 is 17.9 Å². The van der Waals surface area contributed by atoms with Crippen molar-refractivity contribution in [3.8, 4) is 0 Å². The zero-order valence-electron chi connectivity index (χ0n) is 55.2. The molecule has 0 fully saturated rings. The van der Waals surface area contributed by atoms with Crippen LogP contribution < -0.4 is 0 Å². The van der Waals surface area contributed by atoms with Crippen molar-refractivity contribution in [2.75, 3.05) is 13.2 Å². The molecule has 0 aromatic heterocycles. The topological polar surface area (TPSA) is 78.9 Å². The zero-order chi connectivity index (χ0) is 59.9. The van der Waals surface area contributed by atoms with E-state index < -0.39 is 6.10 Å². The van der Waals surface area contributed by atoms with Crippen molar-refractivity contribution in [2.24, 2.45) is 0 Å². The fraction of sp³-hybridized carbons (Fsp3) is 0.779. The molecular weight excluding hydrogens is 1020 g/mol. The van der Waals surface area contributed by atoms with Crippen molar-refractivity contribution in [2.45, 2.75) is 374 Å². The van der Waals surface area contributed by atoms with Crippen LogP contribution >= 0.6 is 0 Å². The molecule has 480 valence electrons. The van der Waals surface area contributed by atoms with Gasteiger partial charge < -0.3 is 14.2 Å². The van der Waals surface area contributed by atoms with Gasteiger partial charge in [0, 0.05) is 19.3 Å². The van der Waals surface area contributed by atoms with E-state index in [1.807, 2.05) is 0 Å². The summed E-state index contributed by atoms with van der Waals surface area (Å²) in [5.41, 5.74) is 0. The molecule has 0 radical (unpaired) electrons. The van der Waals surface area contributed by atoms with E-state index >= 15 is 0 Å². The van der Waals surface area contributed by atoms with Crippen molar-refractivity contribution < 1.29 is 28.6 Å². The number of hydrogen-bond donors (Lipinski definition) is 0. The highest BCUT2D eigenvalue weighted by Gasteiger charge is 2.19. The largest absolute Gasteiger partial charge is 0.462 e. The Kier molecular flexibility index (Phi) is 68.2. The Bertz CT molecular complexity index is 1570. The summed E-state index contributed by atoms with van der Waals surface area (Å²) in [5, 5.41) is 0. The lowest BCUT2D eigenvalue weighted by molar-refractivity contribution is -0.167. The van der Waals surface area contributed by atoms with Gasteiger partial charge in [0.2, 0.25) is 0 Å². The molecule has 83 heavy (non-hydrogen) atoms. The Balaban J connectivity index is 4.36. The molecular formula is C77H136O6. The highest BCUT2D eigenvalue weighted by Crippen LogP contribution is 2.17. The van der Waals surface area contributed by atoms with E-state index in [0.717, 1.165) is 89.9 Å². The first-order chi connectivity index (χ1) is 41.0. The number of rotatable bonds is 66. The summed E-state index contributed by atoms with van der Waals surface area (Å²) < 4.78 is 17.0. The molecule has 0 aromatic rings. The van der Waals surface area contributed by atoms with Gasteiger partial charge in [-0.15, -0.1) is 0 Å². The molecule has 0 bridgehead atoms. The third kappa shape index (κ3) is 69.3. The Morgan fingerprint density at radius 3 is 0.771 bits per heavy atom. The van der Waals surface area contributed by atoms with Gasteiger partial charge in [-0.25, -0.2) is 0 Å². The van der Waals surface area contributed by atoms with Crippen LogP contribution in [0.2, 0.25) is 0 Å². The Labute approximate surface area is 515 Å². The predicted octanol–water partition coefficient (Wildman–Crippen LogP) is 25.0. The van der Waals surface area contributed by atoms with Gasteiger partial charge in [-0.1, -0.05) is 318 Å². The van der Waals surface area contributed by atoms with Crippen LogP contribution in [-0.4, -0.2) is 37.2 Å². The van der Waals surface area contributed by atoms with E-state index in [4.69, 9.17) is 14.2 Å². The predicted molar refractivity (Wildman–Crippen MR) is 362 cm³/mol. The fourth-order valence-corrected chi connectivity index (χ4v) is 10.5. The monoisotopic (exact) mass is 1160 g/mol. The lowest BCUT2D eigenvalue weighted by Crippen LogP contribution is -2.30. The molecule has 0 heterocycles. The van der Waals surface area contributed by atoms with Crippen LogP contribution in [0.5, 0.6) is 0 Å². The van der Waals surface area contributed by atoms with E-state index in [0.29, 0.717) is 19.3 Å². The van der Waals surface area contributed by atoms with Crippen LogP contribution in [0, 0.1) is 0 Å². The summed E-state index contributed by atoms with van der Waals surface area (Å²) in [6.45, 7) is 6.55. The van der Waals surface area contributed by atoms with Crippen LogP contribution in [-0.2, 0) is 28.6 Å². The van der Waals surface area contributed by atoms with Gasteiger partial charge in [0.1, 0.15) is 13.2 Å². The molecule has 0 N–H and O–H groups in total. The quantitative estimate of drug-likeness (QED) is 0.0261. The van der Waals surface area contributed by atoms with Gasteiger partial charge in [-0.2, -0.15) is 0 Å². The number of unbranched alkanes of at least 4 members (excludes halogenated alkanes) is 41. The van der Waals surface area contributed by atoms with Gasteiger partial charge in [-0.3, -0.25) is 14.4 Å². The summed E-state index contributed by atoms with van der Waals surface area (Å²) in [5.74, 6) is -0.866. The molecule has 0 spiro atoms. The lowest BCUT2D eigenvalue weighted by Gasteiger charge is -2.18. The third-order valence-corrected chi connectivity index (χ3v) is 15.9. The Morgan fingerprint density at radius 2 is 0.470 bits per heavy atom. The first kappa shape index (κ1) is 79.6. The second kappa shape index (κ2) is 71.1. The van der Waals surface area contributed by atoms with Gasteiger partial charge in [0.15, 0.2) is 6.10 Å². The van der Waals surface area contributed by atoms with Crippen molar-refractivity contribution in [1.29, 1.82) is 0 Å². The van der Waals surface area contributed by atoms with Crippen LogP contribution in [0.3, 0.4) is 0 Å². The highest BCUT2D eigenvalue weighted by atomic mass is 16.6. The molecule has 0 rings (SSSR count). The number of carbonyl (C=O) groups is 3. The maximum atomic E-state index is 13.0. The zero-order valence-corrected chi connectivity index (χ0v) is 55.2. The average Bonchev–Trinajstić information content (AvgIpc) is 3.49. The first-order valence-corrected chi connectivity index (χ1v) is 36.1. The van der Waals surface area contributed by atoms with Crippen molar-refractivity contribution in [3.63, 3.8) is 0 Å². The molecule has 0 saturated heterocycles. The molecule has 0 aliphatic carbocycles. The van der Waals surface area contributed by atoms with Crippen molar-refractivity contribution in [3.05, 3.63) is 85.1 Å². The summed E-state index contributed by atoms with van der Waals surface area (Å²) in [4.78, 5) is 38.5. The van der Waals surface area contributed by atoms with Crippen LogP contribution in [0.25, 0.3) is 0 Å². The molecule has 0 aliphatic heterocycles. The average molecular weight is 1160 g/mol. The van der Waals surface area contributed by atoms with E-state index in [1.165, 1.54) is 238 Å². The number of allylic oxidation sites excluding steroid dienone is 14. The van der Waals surface area contributed by atoms with E-state index in [2.05, 4.69) is 106 Å². The summed E-state index contributed by atoms with van der Waals surface area (Å²) in [6.07, 6.45) is 94.6. The summed E-state index contributed by atoms with van der Waals surface area (Å²) in [6, 6.07) is 0. The minimum atomic E-state index is -0.783. The maximum absolute atomic E-state index is 13.0. The molecule has 1 unspecified atom stereocenters. The maximum Gasteiger partial charge on any atom is 0.306 e. The van der Waals surface area contributed by atoms with E-state index in [9.17, 15) is 14.4 Å². The normalized spacial score (nSPS) is 12.6. The lowest BCUT2D eigenvalue weighted by atomic mass is 10.0.